The van der Waals surface area contributed by atoms with E-state index in [1.165, 1.54) is 24.5 Å². The molecule has 0 aliphatic carbocycles. The smallest absolute Gasteiger partial charge is 0.374 e. The van der Waals surface area contributed by atoms with Crippen LogP contribution < -0.4 is 0 Å². The summed E-state index contributed by atoms with van der Waals surface area (Å²) in [6.07, 6.45) is 1.83. The molecule has 1 heterocycles. The van der Waals surface area contributed by atoms with Crippen molar-refractivity contribution in [2.75, 3.05) is 0 Å². The van der Waals surface area contributed by atoms with Gasteiger partial charge in [-0.15, -0.1) is 0 Å². The minimum Gasteiger partial charge on any atom is -0.477 e. The number of rotatable bonds is 3. The van der Waals surface area contributed by atoms with Gasteiger partial charge in [0.05, 0.1) is 0 Å². The van der Waals surface area contributed by atoms with Crippen LogP contribution in [0.4, 0.5) is 8.78 Å². The van der Waals surface area contributed by atoms with Crippen LogP contribution in [0.3, 0.4) is 0 Å². The summed E-state index contributed by atoms with van der Waals surface area (Å²) in [6.45, 7) is 0. The van der Waals surface area contributed by atoms with Crippen molar-refractivity contribution in [3.8, 4) is 0 Å². The second-order valence-electron chi connectivity index (χ2n) is 2.55. The van der Waals surface area contributed by atoms with Gasteiger partial charge in [-0.2, -0.15) is 8.78 Å². The van der Waals surface area contributed by atoms with E-state index in [0.29, 0.717) is 0 Å². The molecule has 1 aromatic heterocycles. The Morgan fingerprint density at radius 1 is 1.62 bits per heavy atom. The maximum atomic E-state index is 12.6. The summed E-state index contributed by atoms with van der Waals surface area (Å²) in [7, 11) is 0. The molecule has 0 fully saturated rings. The van der Waals surface area contributed by atoms with E-state index in [2.05, 4.69) is 4.98 Å². The average molecular weight is 187 g/mol. The maximum absolute atomic E-state index is 12.6. The largest absolute Gasteiger partial charge is 0.477 e. The second kappa shape index (κ2) is 3.47. The molecule has 0 unspecified atom stereocenters. The Morgan fingerprint density at radius 3 is 2.77 bits per heavy atom. The summed E-state index contributed by atoms with van der Waals surface area (Å²) in [5.74, 6) is -5.83. The van der Waals surface area contributed by atoms with Gasteiger partial charge < -0.3 is 5.11 Å². The van der Waals surface area contributed by atoms with E-state index in [-0.39, 0.29) is 5.56 Å². The molecule has 70 valence electrons. The molecule has 5 heteroatoms. The molecule has 0 saturated heterocycles. The Morgan fingerprint density at radius 2 is 2.31 bits per heavy atom. The van der Waals surface area contributed by atoms with E-state index in [0.717, 1.165) is 0 Å². The van der Waals surface area contributed by atoms with Crippen LogP contribution in [0.1, 0.15) is 5.56 Å². The van der Waals surface area contributed by atoms with Crippen LogP contribution in [0.5, 0.6) is 0 Å². The van der Waals surface area contributed by atoms with Gasteiger partial charge in [-0.1, -0.05) is 6.07 Å². The Kier molecular flexibility index (Phi) is 2.55. The average Bonchev–Trinajstić information content (AvgIpc) is 2.05. The summed E-state index contributed by atoms with van der Waals surface area (Å²) in [5.41, 5.74) is 0.204. The van der Waals surface area contributed by atoms with E-state index in [4.69, 9.17) is 5.11 Å². The zero-order valence-electron chi connectivity index (χ0n) is 6.58. The highest BCUT2D eigenvalue weighted by molar-refractivity contribution is 5.75. The number of nitrogens with zero attached hydrogens (tertiary/aromatic N) is 1. The SMILES string of the molecule is O=C(O)C(F)(F)Cc1cccnc1. The van der Waals surface area contributed by atoms with E-state index in [9.17, 15) is 13.6 Å². The van der Waals surface area contributed by atoms with Gasteiger partial charge in [0.15, 0.2) is 0 Å². The Labute approximate surface area is 73.0 Å². The molecule has 0 bridgehead atoms. The molecule has 1 rings (SSSR count). The summed E-state index contributed by atoms with van der Waals surface area (Å²) < 4.78 is 25.2. The van der Waals surface area contributed by atoms with E-state index in [1.54, 1.807) is 0 Å². The first-order valence-electron chi connectivity index (χ1n) is 3.52. The van der Waals surface area contributed by atoms with Crippen molar-refractivity contribution in [3.63, 3.8) is 0 Å². The van der Waals surface area contributed by atoms with Crippen molar-refractivity contribution in [2.24, 2.45) is 0 Å². The summed E-state index contributed by atoms with van der Waals surface area (Å²) in [5, 5.41) is 8.13. The number of carboxylic acid groups (broad SMARTS) is 1. The van der Waals surface area contributed by atoms with Crippen molar-refractivity contribution in [3.05, 3.63) is 30.1 Å². The quantitative estimate of drug-likeness (QED) is 0.776. The standard InChI is InChI=1S/C8H7F2NO2/c9-8(10,7(12)13)4-6-2-1-3-11-5-6/h1-3,5H,4H2,(H,12,13). The number of pyridine rings is 1. The van der Waals surface area contributed by atoms with Gasteiger partial charge in [-0.25, -0.2) is 4.79 Å². The topological polar surface area (TPSA) is 50.2 Å². The van der Waals surface area contributed by atoms with Gasteiger partial charge in [-0.05, 0) is 11.6 Å². The van der Waals surface area contributed by atoms with Gasteiger partial charge in [0.25, 0.3) is 0 Å². The lowest BCUT2D eigenvalue weighted by Crippen LogP contribution is -2.30. The van der Waals surface area contributed by atoms with Crippen LogP contribution >= 0.6 is 0 Å². The molecule has 0 atom stereocenters. The molecular formula is C8H7F2NO2. The third-order valence-corrected chi connectivity index (χ3v) is 1.46. The molecule has 0 aliphatic heterocycles. The molecule has 0 aromatic carbocycles. The normalized spacial score (nSPS) is 11.2. The number of carbonyl (C=O) groups is 1. The first kappa shape index (κ1) is 9.57. The van der Waals surface area contributed by atoms with Crippen molar-refractivity contribution < 1.29 is 18.7 Å². The highest BCUT2D eigenvalue weighted by Crippen LogP contribution is 2.19. The van der Waals surface area contributed by atoms with Crippen LogP contribution in [-0.2, 0) is 11.2 Å². The molecular weight excluding hydrogens is 180 g/mol. The zero-order valence-corrected chi connectivity index (χ0v) is 6.58. The predicted molar refractivity (Wildman–Crippen MR) is 40.5 cm³/mol. The number of aromatic nitrogens is 1. The highest BCUT2D eigenvalue weighted by Gasteiger charge is 2.38. The summed E-state index contributed by atoms with van der Waals surface area (Å²) >= 11 is 0. The van der Waals surface area contributed by atoms with Crippen LogP contribution in [0, 0.1) is 0 Å². The fourth-order valence-corrected chi connectivity index (χ4v) is 0.835. The molecule has 0 radical (unpaired) electrons. The zero-order chi connectivity index (χ0) is 9.90. The van der Waals surface area contributed by atoms with Gasteiger partial charge >= 0.3 is 11.9 Å². The maximum Gasteiger partial charge on any atom is 0.374 e. The van der Waals surface area contributed by atoms with Crippen molar-refractivity contribution in [1.29, 1.82) is 0 Å². The highest BCUT2D eigenvalue weighted by atomic mass is 19.3. The molecule has 1 N–H and O–H groups in total. The molecule has 3 nitrogen and oxygen atoms in total. The lowest BCUT2D eigenvalue weighted by Gasteiger charge is -2.09. The lowest BCUT2D eigenvalue weighted by atomic mass is 10.1. The first-order valence-corrected chi connectivity index (χ1v) is 3.52. The van der Waals surface area contributed by atoms with Crippen LogP contribution in [0.15, 0.2) is 24.5 Å². The van der Waals surface area contributed by atoms with Gasteiger partial charge in [0.1, 0.15) is 0 Å². The number of aliphatic carboxylic acids is 1. The van der Waals surface area contributed by atoms with Crippen LogP contribution in [0.2, 0.25) is 0 Å². The number of hydrogen-bond donors (Lipinski definition) is 1. The third-order valence-electron chi connectivity index (χ3n) is 1.46. The van der Waals surface area contributed by atoms with E-state index < -0.39 is 18.3 Å². The minimum atomic E-state index is -3.72. The molecule has 0 spiro atoms. The number of hydrogen-bond acceptors (Lipinski definition) is 2. The minimum absolute atomic E-state index is 0.204. The fraction of sp³-hybridized carbons (Fsp3) is 0.250. The summed E-state index contributed by atoms with van der Waals surface area (Å²) in [6, 6.07) is 2.89. The molecule has 0 amide bonds. The van der Waals surface area contributed by atoms with E-state index in [1.807, 2.05) is 0 Å². The van der Waals surface area contributed by atoms with Crippen LogP contribution in [0.25, 0.3) is 0 Å². The van der Waals surface area contributed by atoms with Gasteiger partial charge in [0.2, 0.25) is 0 Å². The Balaban J connectivity index is 2.75. The Hall–Kier alpha value is -1.52. The lowest BCUT2D eigenvalue weighted by molar-refractivity contribution is -0.164. The van der Waals surface area contributed by atoms with Gasteiger partial charge in [0, 0.05) is 18.8 Å². The molecule has 1 aromatic rings. The molecule has 0 aliphatic rings. The monoisotopic (exact) mass is 187 g/mol. The number of halogens is 2. The predicted octanol–water partition coefficient (Wildman–Crippen LogP) is 1.34. The van der Waals surface area contributed by atoms with Gasteiger partial charge in [-0.3, -0.25) is 4.98 Å². The molecule has 0 saturated carbocycles. The van der Waals surface area contributed by atoms with Crippen molar-refractivity contribution >= 4 is 5.97 Å². The third kappa shape index (κ3) is 2.47. The summed E-state index contributed by atoms with van der Waals surface area (Å²) in [4.78, 5) is 13.7. The van der Waals surface area contributed by atoms with Crippen molar-refractivity contribution in [2.45, 2.75) is 12.3 Å². The van der Waals surface area contributed by atoms with Crippen molar-refractivity contribution in [1.82, 2.24) is 4.98 Å². The number of carboxylic acids is 1. The fourth-order valence-electron chi connectivity index (χ4n) is 0.835. The Bertz CT molecular complexity index is 300. The molecule has 13 heavy (non-hydrogen) atoms. The van der Waals surface area contributed by atoms with Crippen LogP contribution in [-0.4, -0.2) is 22.0 Å². The number of alkyl halides is 2. The second-order valence-corrected chi connectivity index (χ2v) is 2.55. The first-order chi connectivity index (χ1) is 6.02. The van der Waals surface area contributed by atoms with E-state index >= 15 is 0 Å².